The zero-order valence-electron chi connectivity index (χ0n) is 9.25. The van der Waals surface area contributed by atoms with Crippen LogP contribution in [0, 0.1) is 12.8 Å². The highest BCUT2D eigenvalue weighted by Crippen LogP contribution is 2.28. The van der Waals surface area contributed by atoms with Crippen LogP contribution in [0.25, 0.3) is 0 Å². The number of aromatic nitrogens is 2. The second-order valence-electron chi connectivity index (χ2n) is 3.35. The molecule has 1 heterocycles. The summed E-state index contributed by atoms with van der Waals surface area (Å²) >= 11 is 0. The molecule has 1 aromatic rings. The Labute approximate surface area is 87.5 Å². The van der Waals surface area contributed by atoms with Crippen LogP contribution in [-0.2, 0) is 0 Å². The molecule has 0 atom stereocenters. The van der Waals surface area contributed by atoms with E-state index in [1.807, 2.05) is 26.8 Å². The molecule has 1 aliphatic carbocycles. The van der Waals surface area contributed by atoms with Crippen LogP contribution >= 0.6 is 0 Å². The normalized spacial score (nSPS) is 14.2. The Morgan fingerprint density at radius 2 is 2.21 bits per heavy atom. The molecule has 0 unspecified atom stereocenters. The topological polar surface area (TPSA) is 37.8 Å². The Bertz CT molecular complexity index is 274. The summed E-state index contributed by atoms with van der Waals surface area (Å²) in [6.07, 6.45) is 4.51. The number of rotatable bonds is 3. The average molecular weight is 195 g/mol. The largest absolute Gasteiger partial charge is 0.354 e. The highest BCUT2D eigenvalue weighted by molar-refractivity contribution is 5.24. The molecular formula is C11H21N3. The Kier molecular flexibility index (Phi) is 4.36. The fourth-order valence-electron chi connectivity index (χ4n) is 1.09. The predicted octanol–water partition coefficient (Wildman–Crippen LogP) is 2.88. The van der Waals surface area contributed by atoms with E-state index in [-0.39, 0.29) is 1.43 Å². The van der Waals surface area contributed by atoms with Crippen LogP contribution < -0.4 is 5.32 Å². The summed E-state index contributed by atoms with van der Waals surface area (Å²) in [6, 6.07) is 1.91. The second kappa shape index (κ2) is 5.58. The standard InChI is InChI=1S/C9H13N3.C2H6.H2/c1-7-4-5-10-9(12-7)11-6-8-2-3-8;1-2;/h4-5,8H,2-3,6H2,1H3,(H,10,11,12);1-2H3;1H. The lowest BCUT2D eigenvalue weighted by Crippen LogP contribution is -2.06. The molecule has 1 fully saturated rings. The van der Waals surface area contributed by atoms with E-state index in [4.69, 9.17) is 0 Å². The van der Waals surface area contributed by atoms with Gasteiger partial charge in [-0.25, -0.2) is 9.97 Å². The van der Waals surface area contributed by atoms with Gasteiger partial charge in [0.15, 0.2) is 0 Å². The number of anilines is 1. The molecule has 14 heavy (non-hydrogen) atoms. The number of nitrogens with zero attached hydrogens (tertiary/aromatic N) is 2. The first kappa shape index (κ1) is 11.0. The Morgan fingerprint density at radius 3 is 2.79 bits per heavy atom. The van der Waals surface area contributed by atoms with Crippen molar-refractivity contribution in [3.8, 4) is 0 Å². The van der Waals surface area contributed by atoms with Crippen molar-refractivity contribution >= 4 is 5.95 Å². The summed E-state index contributed by atoms with van der Waals surface area (Å²) in [6.45, 7) is 7.01. The molecule has 2 rings (SSSR count). The molecule has 0 aliphatic heterocycles. The lowest BCUT2D eigenvalue weighted by Gasteiger charge is -2.02. The molecule has 1 N–H and O–H groups in total. The smallest absolute Gasteiger partial charge is 0.222 e. The minimum atomic E-state index is 0. The summed E-state index contributed by atoms with van der Waals surface area (Å²) in [4.78, 5) is 8.37. The Hall–Kier alpha value is -1.12. The minimum absolute atomic E-state index is 0. The van der Waals surface area contributed by atoms with Gasteiger partial charge in [-0.2, -0.15) is 0 Å². The molecule has 0 aromatic carbocycles. The molecule has 80 valence electrons. The van der Waals surface area contributed by atoms with E-state index in [1.165, 1.54) is 12.8 Å². The lowest BCUT2D eigenvalue weighted by molar-refractivity contribution is 0.871. The van der Waals surface area contributed by atoms with E-state index in [0.29, 0.717) is 0 Å². The first-order chi connectivity index (χ1) is 6.84. The fraction of sp³-hybridized carbons (Fsp3) is 0.636. The van der Waals surface area contributed by atoms with Crippen molar-refractivity contribution in [1.29, 1.82) is 0 Å². The zero-order chi connectivity index (χ0) is 10.4. The van der Waals surface area contributed by atoms with Crippen molar-refractivity contribution in [3.05, 3.63) is 18.0 Å². The third-order valence-electron chi connectivity index (χ3n) is 2.04. The predicted molar refractivity (Wildman–Crippen MR) is 61.4 cm³/mol. The van der Waals surface area contributed by atoms with Crippen molar-refractivity contribution < 1.29 is 1.43 Å². The zero-order valence-corrected chi connectivity index (χ0v) is 9.25. The molecular weight excluding hydrogens is 174 g/mol. The number of aryl methyl sites for hydroxylation is 1. The number of nitrogens with one attached hydrogen (secondary N) is 1. The quantitative estimate of drug-likeness (QED) is 0.806. The van der Waals surface area contributed by atoms with Crippen molar-refractivity contribution in [2.75, 3.05) is 11.9 Å². The summed E-state index contributed by atoms with van der Waals surface area (Å²) in [5.74, 6) is 1.64. The lowest BCUT2D eigenvalue weighted by atomic mass is 10.4. The fourth-order valence-corrected chi connectivity index (χ4v) is 1.09. The van der Waals surface area contributed by atoms with Gasteiger partial charge in [0, 0.05) is 19.9 Å². The Morgan fingerprint density at radius 1 is 1.50 bits per heavy atom. The van der Waals surface area contributed by atoms with Crippen LogP contribution in [0.3, 0.4) is 0 Å². The second-order valence-corrected chi connectivity index (χ2v) is 3.35. The summed E-state index contributed by atoms with van der Waals surface area (Å²) in [7, 11) is 0. The van der Waals surface area contributed by atoms with Crippen LogP contribution in [0.15, 0.2) is 12.3 Å². The highest BCUT2D eigenvalue weighted by Gasteiger charge is 2.20. The molecule has 0 bridgehead atoms. The summed E-state index contributed by atoms with van der Waals surface area (Å²) in [5, 5.41) is 3.23. The number of hydrogen-bond acceptors (Lipinski definition) is 3. The number of hydrogen-bond donors (Lipinski definition) is 1. The molecule has 3 nitrogen and oxygen atoms in total. The van der Waals surface area contributed by atoms with Gasteiger partial charge in [0.05, 0.1) is 0 Å². The van der Waals surface area contributed by atoms with Gasteiger partial charge >= 0.3 is 0 Å². The van der Waals surface area contributed by atoms with Gasteiger partial charge in [0.25, 0.3) is 0 Å². The van der Waals surface area contributed by atoms with E-state index >= 15 is 0 Å². The SMILES string of the molecule is CC.Cc1ccnc(NCC2CC2)n1.[HH]. The van der Waals surface area contributed by atoms with Gasteiger partial charge < -0.3 is 5.32 Å². The Balaban J connectivity index is 0.000000617. The molecule has 1 aromatic heterocycles. The van der Waals surface area contributed by atoms with Gasteiger partial charge in [0.1, 0.15) is 0 Å². The first-order valence-corrected chi connectivity index (χ1v) is 5.38. The van der Waals surface area contributed by atoms with E-state index in [1.54, 1.807) is 6.20 Å². The molecule has 0 spiro atoms. The van der Waals surface area contributed by atoms with Gasteiger partial charge in [-0.05, 0) is 31.7 Å². The minimum Gasteiger partial charge on any atom is -0.354 e. The molecule has 0 radical (unpaired) electrons. The van der Waals surface area contributed by atoms with Crippen LogP contribution in [0.1, 0.15) is 33.8 Å². The van der Waals surface area contributed by atoms with Crippen LogP contribution in [0.2, 0.25) is 0 Å². The summed E-state index contributed by atoms with van der Waals surface area (Å²) < 4.78 is 0. The molecule has 0 saturated heterocycles. The maximum absolute atomic E-state index is 4.25. The van der Waals surface area contributed by atoms with Crippen LogP contribution in [-0.4, -0.2) is 16.5 Å². The third-order valence-corrected chi connectivity index (χ3v) is 2.04. The van der Waals surface area contributed by atoms with Gasteiger partial charge in [-0.3, -0.25) is 0 Å². The van der Waals surface area contributed by atoms with E-state index < -0.39 is 0 Å². The molecule has 3 heteroatoms. The highest BCUT2D eigenvalue weighted by atomic mass is 15.1. The molecule has 0 amide bonds. The monoisotopic (exact) mass is 195 g/mol. The van der Waals surface area contributed by atoms with Crippen LogP contribution in [0.4, 0.5) is 5.95 Å². The van der Waals surface area contributed by atoms with E-state index in [9.17, 15) is 0 Å². The van der Waals surface area contributed by atoms with Crippen LogP contribution in [0.5, 0.6) is 0 Å². The maximum atomic E-state index is 4.25. The van der Waals surface area contributed by atoms with E-state index in [0.717, 1.165) is 24.1 Å². The van der Waals surface area contributed by atoms with Gasteiger partial charge in [-0.15, -0.1) is 0 Å². The third kappa shape index (κ3) is 3.73. The molecule has 1 saturated carbocycles. The van der Waals surface area contributed by atoms with Crippen molar-refractivity contribution in [1.82, 2.24) is 9.97 Å². The van der Waals surface area contributed by atoms with E-state index in [2.05, 4.69) is 15.3 Å². The van der Waals surface area contributed by atoms with Crippen molar-refractivity contribution in [3.63, 3.8) is 0 Å². The maximum Gasteiger partial charge on any atom is 0.222 e. The van der Waals surface area contributed by atoms with Gasteiger partial charge in [0.2, 0.25) is 5.95 Å². The van der Waals surface area contributed by atoms with Gasteiger partial charge in [-0.1, -0.05) is 13.8 Å². The first-order valence-electron chi connectivity index (χ1n) is 5.38. The average Bonchev–Trinajstić information content (AvgIpc) is 3.02. The van der Waals surface area contributed by atoms with Crippen molar-refractivity contribution in [2.45, 2.75) is 33.6 Å². The van der Waals surface area contributed by atoms with Crippen molar-refractivity contribution in [2.24, 2.45) is 5.92 Å². The summed E-state index contributed by atoms with van der Waals surface area (Å²) in [5.41, 5.74) is 1.02. The molecule has 1 aliphatic rings.